The average molecular weight is 474 g/mol. The van der Waals surface area contributed by atoms with Crippen LogP contribution in [0.4, 0.5) is 13.2 Å². The zero-order valence-electron chi connectivity index (χ0n) is 13.8. The molecule has 0 amide bonds. The smallest absolute Gasteiger partial charge is 0.355 e. The van der Waals surface area contributed by atoms with Crippen molar-refractivity contribution in [2.75, 3.05) is 45.7 Å². The lowest BCUT2D eigenvalue weighted by Crippen LogP contribution is -2.45. The molecule has 0 aliphatic carbocycles. The number of nitrogens with zero attached hydrogens (tertiary/aromatic N) is 2. The second kappa shape index (κ2) is 11.3. The van der Waals surface area contributed by atoms with E-state index in [4.69, 9.17) is 0 Å². The molecule has 0 aromatic rings. The molecule has 0 saturated carbocycles. The minimum Gasteiger partial charge on any atom is -0.355 e. The van der Waals surface area contributed by atoms with E-state index in [1.165, 1.54) is 20.4 Å². The van der Waals surface area contributed by atoms with E-state index in [9.17, 15) is 21.6 Å². The molecule has 0 fully saturated rings. The van der Waals surface area contributed by atoms with Gasteiger partial charge in [0.05, 0.1) is 12.3 Å². The third kappa shape index (κ3) is 16.3. The molecule has 0 bridgehead atoms. The van der Waals surface area contributed by atoms with Crippen molar-refractivity contribution in [1.82, 2.24) is 15.5 Å². The molecule has 0 radical (unpaired) electrons. The molecule has 140 valence electrons. The minimum atomic E-state index is -4.21. The van der Waals surface area contributed by atoms with Crippen molar-refractivity contribution in [3.63, 3.8) is 0 Å². The number of hydrogen-bond acceptors (Lipinski definition) is 4. The summed E-state index contributed by atoms with van der Waals surface area (Å²) in [4.78, 5) is 5.11. The first-order valence-corrected chi connectivity index (χ1v) is 8.89. The van der Waals surface area contributed by atoms with Crippen LogP contribution in [0.5, 0.6) is 0 Å². The lowest BCUT2D eigenvalue weighted by molar-refractivity contribution is -0.142. The van der Waals surface area contributed by atoms with Crippen LogP contribution in [0, 0.1) is 0 Å². The van der Waals surface area contributed by atoms with Gasteiger partial charge in [-0.3, -0.25) is 9.89 Å². The van der Waals surface area contributed by atoms with Crippen molar-refractivity contribution in [3.8, 4) is 0 Å². The van der Waals surface area contributed by atoms with Crippen molar-refractivity contribution < 1.29 is 21.6 Å². The van der Waals surface area contributed by atoms with E-state index in [0.29, 0.717) is 18.9 Å². The topological polar surface area (TPSA) is 73.8 Å². The van der Waals surface area contributed by atoms with Crippen LogP contribution in [0.15, 0.2) is 4.99 Å². The molecule has 6 nitrogen and oxygen atoms in total. The van der Waals surface area contributed by atoms with Crippen LogP contribution < -0.4 is 10.6 Å². The van der Waals surface area contributed by atoms with Gasteiger partial charge in [0, 0.05) is 32.4 Å². The molecular formula is C12H26F3IN4O2S. The Morgan fingerprint density at radius 1 is 1.35 bits per heavy atom. The second-order valence-corrected chi connectivity index (χ2v) is 7.58. The molecule has 0 spiro atoms. The van der Waals surface area contributed by atoms with Gasteiger partial charge < -0.3 is 10.6 Å². The molecule has 0 heterocycles. The van der Waals surface area contributed by atoms with Crippen LogP contribution in [0.3, 0.4) is 0 Å². The largest absolute Gasteiger partial charge is 0.401 e. The molecule has 0 aromatic heterocycles. The van der Waals surface area contributed by atoms with Crippen LogP contribution in [-0.2, 0) is 9.84 Å². The summed E-state index contributed by atoms with van der Waals surface area (Å²) in [7, 11) is -0.0920. The quantitative estimate of drug-likeness (QED) is 0.313. The molecule has 0 rings (SSSR count). The molecule has 0 aromatic carbocycles. The third-order valence-electron chi connectivity index (χ3n) is 2.76. The van der Waals surface area contributed by atoms with Gasteiger partial charge in [-0.05, 0) is 20.4 Å². The number of guanidine groups is 1. The van der Waals surface area contributed by atoms with Crippen molar-refractivity contribution in [2.24, 2.45) is 4.99 Å². The van der Waals surface area contributed by atoms with Crippen molar-refractivity contribution in [2.45, 2.75) is 25.6 Å². The maximum atomic E-state index is 12.2. The first-order chi connectivity index (χ1) is 9.93. The summed E-state index contributed by atoms with van der Waals surface area (Å²) in [5, 5.41) is 5.89. The summed E-state index contributed by atoms with van der Waals surface area (Å²) >= 11 is 0. The average Bonchev–Trinajstić information content (AvgIpc) is 2.32. The molecule has 0 saturated heterocycles. The van der Waals surface area contributed by atoms with E-state index in [-0.39, 0.29) is 42.3 Å². The molecular weight excluding hydrogens is 448 g/mol. The molecule has 1 atom stereocenters. The van der Waals surface area contributed by atoms with E-state index in [0.717, 1.165) is 4.90 Å². The number of sulfone groups is 1. The summed E-state index contributed by atoms with van der Waals surface area (Å²) in [5.41, 5.74) is 0. The first-order valence-electron chi connectivity index (χ1n) is 6.83. The zero-order chi connectivity index (χ0) is 17.4. The SMILES string of the molecule is CN=C(NCCN(C)CC(F)(F)F)NC(C)CCS(C)(=O)=O.I. The number of alkyl halides is 3. The minimum absolute atomic E-state index is 0. The van der Waals surface area contributed by atoms with E-state index < -0.39 is 22.6 Å². The van der Waals surface area contributed by atoms with Crippen molar-refractivity contribution in [3.05, 3.63) is 0 Å². The maximum Gasteiger partial charge on any atom is 0.401 e. The fraction of sp³-hybridized carbons (Fsp3) is 0.917. The molecule has 0 aliphatic rings. The van der Waals surface area contributed by atoms with Crippen molar-refractivity contribution in [1.29, 1.82) is 0 Å². The molecule has 11 heteroatoms. The summed E-state index contributed by atoms with van der Waals surface area (Å²) in [5.74, 6) is 0.494. The highest BCUT2D eigenvalue weighted by atomic mass is 127. The van der Waals surface area contributed by atoms with Crippen LogP contribution in [0.25, 0.3) is 0 Å². The van der Waals surface area contributed by atoms with Gasteiger partial charge in [-0.25, -0.2) is 8.42 Å². The predicted octanol–water partition coefficient (Wildman–Crippen LogP) is 1.09. The van der Waals surface area contributed by atoms with E-state index in [1.807, 2.05) is 6.92 Å². The van der Waals surface area contributed by atoms with Crippen molar-refractivity contribution >= 4 is 39.8 Å². The number of aliphatic imine (C=N–C) groups is 1. The van der Waals surface area contributed by atoms with Crippen LogP contribution in [-0.4, -0.2) is 77.2 Å². The van der Waals surface area contributed by atoms with Crippen LogP contribution in [0.2, 0.25) is 0 Å². The molecule has 1 unspecified atom stereocenters. The highest BCUT2D eigenvalue weighted by Crippen LogP contribution is 2.14. The van der Waals surface area contributed by atoms with Gasteiger partial charge in [0.25, 0.3) is 0 Å². The van der Waals surface area contributed by atoms with Gasteiger partial charge in [0.2, 0.25) is 0 Å². The Morgan fingerprint density at radius 3 is 2.35 bits per heavy atom. The molecule has 0 aliphatic heterocycles. The van der Waals surface area contributed by atoms with E-state index in [1.54, 1.807) is 0 Å². The lowest BCUT2D eigenvalue weighted by Gasteiger charge is -2.21. The van der Waals surface area contributed by atoms with Crippen LogP contribution in [0.1, 0.15) is 13.3 Å². The summed E-state index contributed by atoms with van der Waals surface area (Å²) in [6, 6.07) is -0.117. The monoisotopic (exact) mass is 474 g/mol. The normalized spacial score (nSPS) is 14.3. The molecule has 2 N–H and O–H groups in total. The number of nitrogens with one attached hydrogen (secondary N) is 2. The zero-order valence-corrected chi connectivity index (χ0v) is 16.9. The highest BCUT2D eigenvalue weighted by Gasteiger charge is 2.28. The first kappa shape index (κ1) is 24.9. The van der Waals surface area contributed by atoms with Gasteiger partial charge in [-0.2, -0.15) is 13.2 Å². The van der Waals surface area contributed by atoms with E-state index >= 15 is 0 Å². The summed E-state index contributed by atoms with van der Waals surface area (Å²) < 4.78 is 58.7. The second-order valence-electron chi connectivity index (χ2n) is 5.32. The number of likely N-dealkylation sites (N-methyl/N-ethyl adjacent to an activating group) is 1. The lowest BCUT2D eigenvalue weighted by atomic mass is 10.3. The van der Waals surface area contributed by atoms with Gasteiger partial charge in [0.1, 0.15) is 9.84 Å². The maximum absolute atomic E-state index is 12.2. The Kier molecular flexibility index (Phi) is 12.2. The number of halogens is 4. The fourth-order valence-corrected chi connectivity index (χ4v) is 2.42. The van der Waals surface area contributed by atoms with Gasteiger partial charge >= 0.3 is 6.18 Å². The van der Waals surface area contributed by atoms with Gasteiger partial charge in [-0.15, -0.1) is 24.0 Å². The fourth-order valence-electron chi connectivity index (χ4n) is 1.64. The summed E-state index contributed by atoms with van der Waals surface area (Å²) in [6.07, 6.45) is -2.62. The van der Waals surface area contributed by atoms with E-state index in [2.05, 4.69) is 15.6 Å². The summed E-state index contributed by atoms with van der Waals surface area (Å²) in [6.45, 7) is 1.35. The number of hydrogen-bond donors (Lipinski definition) is 2. The Hall–Kier alpha value is -0.300. The van der Waals surface area contributed by atoms with Gasteiger partial charge in [-0.1, -0.05) is 0 Å². The predicted molar refractivity (Wildman–Crippen MR) is 97.3 cm³/mol. The molecule has 23 heavy (non-hydrogen) atoms. The Balaban J connectivity index is 0. The van der Waals surface area contributed by atoms with Crippen LogP contribution >= 0.6 is 24.0 Å². The third-order valence-corrected chi connectivity index (χ3v) is 3.74. The van der Waals surface area contributed by atoms with Gasteiger partial charge in [0.15, 0.2) is 5.96 Å². The Labute approximate surface area is 153 Å². The Morgan fingerprint density at radius 2 is 1.91 bits per heavy atom. The Bertz CT molecular complexity index is 458. The number of rotatable bonds is 8. The highest BCUT2D eigenvalue weighted by molar-refractivity contribution is 14.0. The standard InChI is InChI=1S/C12H25F3N4O2S.HI/c1-10(5-8-22(4,20)21)18-11(16-2)17-6-7-19(3)9-12(13,14)15;/h10H,5-9H2,1-4H3,(H2,16,17,18);1H.